The van der Waals surface area contributed by atoms with Gasteiger partial charge in [-0.15, -0.1) is 0 Å². The molecule has 164 valence electrons. The summed E-state index contributed by atoms with van der Waals surface area (Å²) in [6, 6.07) is 16.8. The molecule has 7 nitrogen and oxygen atoms in total. The third kappa shape index (κ3) is 3.94. The molecule has 0 bridgehead atoms. The van der Waals surface area contributed by atoms with Gasteiger partial charge in [0.2, 0.25) is 0 Å². The van der Waals surface area contributed by atoms with Crippen molar-refractivity contribution >= 4 is 48.9 Å². The Labute approximate surface area is 192 Å². The minimum Gasteiger partial charge on any atom is -0.486 e. The van der Waals surface area contributed by atoms with E-state index in [4.69, 9.17) is 21.1 Å². The molecule has 4 aromatic rings. The van der Waals surface area contributed by atoms with Crippen molar-refractivity contribution < 1.29 is 17.9 Å². The average Bonchev–Trinajstić information content (AvgIpc) is 3.09. The number of aromatic nitrogens is 1. The molecule has 1 aromatic heterocycles. The Morgan fingerprint density at radius 3 is 2.59 bits per heavy atom. The van der Waals surface area contributed by atoms with Gasteiger partial charge in [0.25, 0.3) is 10.0 Å². The predicted molar refractivity (Wildman–Crippen MR) is 125 cm³/mol. The number of nitrogens with one attached hydrogen (secondary N) is 1. The van der Waals surface area contributed by atoms with Gasteiger partial charge in [-0.3, -0.25) is 14.1 Å². The van der Waals surface area contributed by atoms with E-state index in [1.165, 1.54) is 12.1 Å². The van der Waals surface area contributed by atoms with E-state index < -0.39 is 10.0 Å². The van der Waals surface area contributed by atoms with Crippen molar-refractivity contribution in [3.05, 3.63) is 80.9 Å². The van der Waals surface area contributed by atoms with Crippen LogP contribution in [0.4, 0.5) is 5.69 Å². The number of ether oxygens (including phenoxy) is 2. The SMILES string of the molecule is O=c1sc2cc(S(=O)(=O)Nc3ccc4c(c3)OCCO4)ccc2n1Cc1ccccc1Cl. The van der Waals surface area contributed by atoms with Crippen LogP contribution >= 0.6 is 22.9 Å². The van der Waals surface area contributed by atoms with Crippen LogP contribution in [0, 0.1) is 0 Å². The Morgan fingerprint density at radius 2 is 1.78 bits per heavy atom. The molecule has 0 amide bonds. The van der Waals surface area contributed by atoms with Crippen LogP contribution in [0.1, 0.15) is 5.56 Å². The average molecular weight is 489 g/mol. The first-order valence-electron chi connectivity index (χ1n) is 9.70. The van der Waals surface area contributed by atoms with E-state index in [1.807, 2.05) is 18.2 Å². The van der Waals surface area contributed by atoms with E-state index >= 15 is 0 Å². The Hall–Kier alpha value is -3.01. The molecule has 0 spiro atoms. The van der Waals surface area contributed by atoms with Crippen molar-refractivity contribution in [1.29, 1.82) is 0 Å². The van der Waals surface area contributed by atoms with Crippen molar-refractivity contribution in [1.82, 2.24) is 4.57 Å². The minimum absolute atomic E-state index is 0.0611. The Morgan fingerprint density at radius 1 is 1.00 bits per heavy atom. The molecular weight excluding hydrogens is 472 g/mol. The maximum atomic E-state index is 13.0. The zero-order valence-corrected chi connectivity index (χ0v) is 19.0. The van der Waals surface area contributed by atoms with E-state index in [-0.39, 0.29) is 9.77 Å². The molecule has 3 aromatic carbocycles. The lowest BCUT2D eigenvalue weighted by atomic mass is 10.2. The monoisotopic (exact) mass is 488 g/mol. The standard InChI is InChI=1S/C22H17ClN2O5S2/c23-17-4-2-1-3-14(17)13-25-18-7-6-16(12-21(18)31-22(25)26)32(27,28)24-15-5-8-19-20(11-15)30-10-9-29-19/h1-8,11-12,24H,9-10,13H2. The minimum atomic E-state index is -3.87. The zero-order chi connectivity index (χ0) is 22.3. The van der Waals surface area contributed by atoms with Crippen LogP contribution in [0.2, 0.25) is 5.02 Å². The molecule has 2 heterocycles. The fraction of sp³-hybridized carbons (Fsp3) is 0.136. The van der Waals surface area contributed by atoms with Gasteiger partial charge in [0.05, 0.1) is 27.3 Å². The summed E-state index contributed by atoms with van der Waals surface area (Å²) < 4.78 is 41.6. The van der Waals surface area contributed by atoms with Crippen LogP contribution in [-0.4, -0.2) is 26.2 Å². The summed E-state index contributed by atoms with van der Waals surface area (Å²) in [7, 11) is -3.87. The van der Waals surface area contributed by atoms with Crippen molar-refractivity contribution in [3.8, 4) is 11.5 Å². The number of hydrogen-bond donors (Lipinski definition) is 1. The number of halogens is 1. The molecule has 1 aliphatic rings. The third-order valence-electron chi connectivity index (χ3n) is 5.03. The van der Waals surface area contributed by atoms with Gasteiger partial charge in [-0.1, -0.05) is 41.1 Å². The first-order chi connectivity index (χ1) is 15.4. The van der Waals surface area contributed by atoms with Gasteiger partial charge < -0.3 is 9.47 Å². The summed E-state index contributed by atoms with van der Waals surface area (Å²) in [4.78, 5) is 12.5. The number of thiazole rings is 1. The smallest absolute Gasteiger partial charge is 0.308 e. The highest BCUT2D eigenvalue weighted by Crippen LogP contribution is 2.33. The largest absolute Gasteiger partial charge is 0.486 e. The van der Waals surface area contributed by atoms with Crippen molar-refractivity contribution in [2.75, 3.05) is 17.9 Å². The fourth-order valence-electron chi connectivity index (χ4n) is 3.48. The lowest BCUT2D eigenvalue weighted by Gasteiger charge is -2.19. The number of hydrogen-bond acceptors (Lipinski definition) is 6. The van der Waals surface area contributed by atoms with Crippen LogP contribution in [0.25, 0.3) is 10.2 Å². The molecule has 5 rings (SSSR count). The Balaban J connectivity index is 1.46. The molecule has 0 aliphatic carbocycles. The summed E-state index contributed by atoms with van der Waals surface area (Å²) in [5.74, 6) is 1.06. The van der Waals surface area contributed by atoms with Gasteiger partial charge in [-0.2, -0.15) is 0 Å². The highest BCUT2D eigenvalue weighted by molar-refractivity contribution is 7.92. The maximum Gasteiger partial charge on any atom is 0.308 e. The highest BCUT2D eigenvalue weighted by Gasteiger charge is 2.19. The quantitative estimate of drug-likeness (QED) is 0.451. The second-order valence-electron chi connectivity index (χ2n) is 7.14. The fourth-order valence-corrected chi connectivity index (χ4v) is 5.76. The van der Waals surface area contributed by atoms with E-state index in [2.05, 4.69) is 4.72 Å². The highest BCUT2D eigenvalue weighted by atomic mass is 35.5. The van der Waals surface area contributed by atoms with Crippen LogP contribution in [-0.2, 0) is 16.6 Å². The lowest BCUT2D eigenvalue weighted by molar-refractivity contribution is 0.171. The Bertz CT molecular complexity index is 1490. The summed E-state index contributed by atoms with van der Waals surface area (Å²) >= 11 is 7.23. The van der Waals surface area contributed by atoms with E-state index in [0.717, 1.165) is 16.9 Å². The van der Waals surface area contributed by atoms with Crippen LogP contribution in [0.3, 0.4) is 0 Å². The maximum absolute atomic E-state index is 13.0. The number of anilines is 1. The normalized spacial score (nSPS) is 13.3. The van der Waals surface area contributed by atoms with E-state index in [1.54, 1.807) is 34.9 Å². The molecule has 0 unspecified atom stereocenters. The number of sulfonamides is 1. The van der Waals surface area contributed by atoms with Crippen molar-refractivity contribution in [2.24, 2.45) is 0 Å². The molecule has 10 heteroatoms. The second kappa shape index (κ2) is 8.16. The predicted octanol–water partition coefficient (Wildman–Crippen LogP) is 4.34. The molecule has 0 radical (unpaired) electrons. The second-order valence-corrected chi connectivity index (χ2v) is 10.2. The molecule has 0 saturated carbocycles. The Kier molecular flexibility index (Phi) is 5.32. The topological polar surface area (TPSA) is 86.6 Å². The van der Waals surface area contributed by atoms with Gasteiger partial charge >= 0.3 is 4.87 Å². The summed E-state index contributed by atoms with van der Waals surface area (Å²) in [6.45, 7) is 1.17. The first-order valence-corrected chi connectivity index (χ1v) is 12.4. The van der Waals surface area contributed by atoms with Gasteiger partial charge in [0, 0.05) is 11.1 Å². The zero-order valence-electron chi connectivity index (χ0n) is 16.6. The molecule has 0 fully saturated rings. The van der Waals surface area contributed by atoms with Gasteiger partial charge in [0.15, 0.2) is 11.5 Å². The third-order valence-corrected chi connectivity index (χ3v) is 7.72. The number of fused-ring (bicyclic) bond motifs is 2. The van der Waals surface area contributed by atoms with Crippen LogP contribution < -0.4 is 19.1 Å². The van der Waals surface area contributed by atoms with Gasteiger partial charge in [-0.25, -0.2) is 8.42 Å². The molecular formula is C22H17ClN2O5S2. The van der Waals surface area contributed by atoms with Gasteiger partial charge in [-0.05, 0) is 42.0 Å². The molecule has 1 N–H and O–H groups in total. The van der Waals surface area contributed by atoms with E-state index in [0.29, 0.717) is 52.2 Å². The first kappa shape index (κ1) is 20.9. The summed E-state index contributed by atoms with van der Waals surface area (Å²) in [5, 5.41) is 0.571. The number of benzene rings is 3. The molecule has 1 aliphatic heterocycles. The van der Waals surface area contributed by atoms with Crippen LogP contribution in [0.5, 0.6) is 11.5 Å². The summed E-state index contributed by atoms with van der Waals surface area (Å²) in [5.41, 5.74) is 1.82. The summed E-state index contributed by atoms with van der Waals surface area (Å²) in [6.07, 6.45) is 0. The number of rotatable bonds is 5. The molecule has 0 atom stereocenters. The molecule has 0 saturated heterocycles. The number of nitrogens with zero attached hydrogens (tertiary/aromatic N) is 1. The van der Waals surface area contributed by atoms with Crippen molar-refractivity contribution in [2.45, 2.75) is 11.4 Å². The lowest BCUT2D eigenvalue weighted by Crippen LogP contribution is -2.16. The van der Waals surface area contributed by atoms with Gasteiger partial charge in [0.1, 0.15) is 13.2 Å². The molecule has 32 heavy (non-hydrogen) atoms. The van der Waals surface area contributed by atoms with Crippen LogP contribution in [0.15, 0.2) is 70.4 Å². The van der Waals surface area contributed by atoms with Crippen molar-refractivity contribution in [3.63, 3.8) is 0 Å². The van der Waals surface area contributed by atoms with E-state index in [9.17, 15) is 13.2 Å².